The van der Waals surface area contributed by atoms with Crippen molar-refractivity contribution in [2.75, 3.05) is 18.4 Å². The first-order valence-electron chi connectivity index (χ1n) is 10.1. The van der Waals surface area contributed by atoms with Crippen molar-refractivity contribution in [2.45, 2.75) is 32.5 Å². The Bertz CT molecular complexity index is 1150. The summed E-state index contributed by atoms with van der Waals surface area (Å²) in [4.78, 5) is 6.56. The fourth-order valence-electron chi connectivity index (χ4n) is 3.77. The van der Waals surface area contributed by atoms with Crippen molar-refractivity contribution in [3.8, 4) is 0 Å². The lowest BCUT2D eigenvalue weighted by Gasteiger charge is -2.28. The third kappa shape index (κ3) is 4.42. The Morgan fingerprint density at radius 2 is 2.06 bits per heavy atom. The van der Waals surface area contributed by atoms with Gasteiger partial charge in [0, 0.05) is 25.0 Å². The molecular weight excluding hydrogens is 403 g/mol. The molecule has 0 spiro atoms. The minimum absolute atomic E-state index is 0.364. The Labute approximate surface area is 178 Å². The van der Waals surface area contributed by atoms with Gasteiger partial charge in [-0.2, -0.15) is 18.3 Å². The number of rotatable bonds is 5. The van der Waals surface area contributed by atoms with Crippen molar-refractivity contribution in [1.82, 2.24) is 19.5 Å². The highest BCUT2D eigenvalue weighted by Crippen LogP contribution is 2.32. The summed E-state index contributed by atoms with van der Waals surface area (Å²) in [6.45, 7) is 9.55. The highest BCUT2D eigenvalue weighted by atomic mass is 19.4. The minimum atomic E-state index is -4.37. The number of allylic oxidation sites excluding steroid dienone is 1. The number of hydrogen-bond acceptors (Lipinski definition) is 4. The molecule has 1 N–H and O–H groups in total. The van der Waals surface area contributed by atoms with E-state index in [4.69, 9.17) is 0 Å². The molecule has 31 heavy (non-hydrogen) atoms. The van der Waals surface area contributed by atoms with Crippen LogP contribution in [0.2, 0.25) is 0 Å². The number of halogens is 3. The van der Waals surface area contributed by atoms with Crippen LogP contribution >= 0.6 is 0 Å². The smallest absolute Gasteiger partial charge is 0.371 e. The van der Waals surface area contributed by atoms with E-state index in [0.29, 0.717) is 11.4 Å². The molecule has 0 fully saturated rings. The molecule has 0 aliphatic carbocycles. The van der Waals surface area contributed by atoms with Crippen LogP contribution in [0.1, 0.15) is 43.0 Å². The number of nitrogens with one attached hydrogen (secondary N) is 1. The van der Waals surface area contributed by atoms with Crippen LogP contribution in [0.3, 0.4) is 0 Å². The first-order chi connectivity index (χ1) is 14.7. The van der Waals surface area contributed by atoms with Crippen molar-refractivity contribution >= 4 is 16.9 Å². The lowest BCUT2D eigenvalue weighted by molar-refractivity contribution is -0.137. The Balaban J connectivity index is 1.59. The van der Waals surface area contributed by atoms with Crippen molar-refractivity contribution in [2.24, 2.45) is 0 Å². The van der Waals surface area contributed by atoms with Crippen LogP contribution in [0, 0.1) is 0 Å². The normalized spacial score (nSPS) is 15.6. The first-order valence-corrected chi connectivity index (χ1v) is 10.1. The second-order valence-corrected chi connectivity index (χ2v) is 7.82. The fraction of sp³-hybridized carbons (Fsp3) is 0.304. The molecule has 1 aliphatic rings. The zero-order valence-corrected chi connectivity index (χ0v) is 17.4. The molecule has 0 amide bonds. The molecule has 162 valence electrons. The van der Waals surface area contributed by atoms with Crippen LogP contribution in [0.25, 0.3) is 11.1 Å². The summed E-state index contributed by atoms with van der Waals surface area (Å²) in [6, 6.07) is 6.99. The second-order valence-electron chi connectivity index (χ2n) is 7.82. The lowest BCUT2D eigenvalue weighted by Crippen LogP contribution is -2.26. The Hall–Kier alpha value is -3.29. The van der Waals surface area contributed by atoms with Crippen molar-refractivity contribution in [1.29, 1.82) is 0 Å². The van der Waals surface area contributed by atoms with E-state index in [9.17, 15) is 13.2 Å². The van der Waals surface area contributed by atoms with Gasteiger partial charge in [-0.3, -0.25) is 0 Å². The standard InChI is InChI=1S/C23H24F3N5/c1-15(2)30-9-7-17(8-10-30)19-12-21-22(27-14-28-31(21)13-19)29-16(3)18-5-4-6-20(11-18)23(24,25)26/h4-7,11-14,16H,1,8-10H2,2-3H3,(H,27,28,29)/t16-/m1/s1. The van der Waals surface area contributed by atoms with Gasteiger partial charge >= 0.3 is 6.18 Å². The molecule has 3 heterocycles. The third-order valence-electron chi connectivity index (χ3n) is 5.59. The summed E-state index contributed by atoms with van der Waals surface area (Å²) in [6.07, 6.45) is 2.12. The fourth-order valence-corrected chi connectivity index (χ4v) is 3.77. The maximum atomic E-state index is 13.1. The Kier molecular flexibility index (Phi) is 5.47. The maximum Gasteiger partial charge on any atom is 0.416 e. The molecule has 8 heteroatoms. The molecule has 1 aliphatic heterocycles. The van der Waals surface area contributed by atoms with Crippen LogP contribution in [0.5, 0.6) is 0 Å². The van der Waals surface area contributed by atoms with Crippen molar-refractivity contribution in [3.05, 3.63) is 77.9 Å². The number of fused-ring (bicyclic) bond motifs is 1. The van der Waals surface area contributed by atoms with Gasteiger partial charge in [-0.05, 0) is 55.2 Å². The number of benzene rings is 1. The summed E-state index contributed by atoms with van der Waals surface area (Å²) in [5, 5.41) is 7.53. The predicted molar refractivity (Wildman–Crippen MR) is 115 cm³/mol. The van der Waals surface area contributed by atoms with E-state index >= 15 is 0 Å². The van der Waals surface area contributed by atoms with Crippen LogP contribution in [-0.2, 0) is 6.18 Å². The molecule has 1 aromatic carbocycles. The molecule has 3 aromatic rings. The first kappa shape index (κ1) is 21.0. The van der Waals surface area contributed by atoms with Crippen molar-refractivity contribution in [3.63, 3.8) is 0 Å². The maximum absolute atomic E-state index is 13.1. The van der Waals surface area contributed by atoms with E-state index in [2.05, 4.69) is 33.0 Å². The van der Waals surface area contributed by atoms with Gasteiger partial charge in [0.25, 0.3) is 0 Å². The second kappa shape index (κ2) is 8.09. The van der Waals surface area contributed by atoms with E-state index in [1.165, 1.54) is 24.0 Å². The number of aromatic nitrogens is 3. The molecule has 2 aromatic heterocycles. The average Bonchev–Trinajstić information content (AvgIpc) is 3.19. The molecule has 1 atom stereocenters. The van der Waals surface area contributed by atoms with Gasteiger partial charge in [0.15, 0.2) is 5.82 Å². The quantitative estimate of drug-likeness (QED) is 0.580. The highest BCUT2D eigenvalue weighted by molar-refractivity contribution is 5.76. The third-order valence-corrected chi connectivity index (χ3v) is 5.59. The summed E-state index contributed by atoms with van der Waals surface area (Å²) in [5.74, 6) is 0.575. The van der Waals surface area contributed by atoms with E-state index in [1.54, 1.807) is 10.6 Å². The van der Waals surface area contributed by atoms with E-state index in [0.717, 1.165) is 42.4 Å². The van der Waals surface area contributed by atoms with Crippen molar-refractivity contribution < 1.29 is 13.2 Å². The van der Waals surface area contributed by atoms with Crippen LogP contribution in [0.4, 0.5) is 19.0 Å². The Morgan fingerprint density at radius 1 is 1.26 bits per heavy atom. The topological polar surface area (TPSA) is 45.5 Å². The molecular formula is C23H24F3N5. The highest BCUT2D eigenvalue weighted by Gasteiger charge is 2.30. The molecule has 0 radical (unpaired) electrons. The molecule has 0 bridgehead atoms. The molecule has 5 nitrogen and oxygen atoms in total. The van der Waals surface area contributed by atoms with Gasteiger partial charge in [0.1, 0.15) is 11.8 Å². The number of nitrogens with zero attached hydrogens (tertiary/aromatic N) is 4. The monoisotopic (exact) mass is 427 g/mol. The minimum Gasteiger partial charge on any atom is -0.371 e. The van der Waals surface area contributed by atoms with Gasteiger partial charge in [0.05, 0.1) is 11.6 Å². The summed E-state index contributed by atoms with van der Waals surface area (Å²) in [5.41, 5.74) is 4.01. The molecule has 4 rings (SSSR count). The average molecular weight is 427 g/mol. The number of anilines is 1. The van der Waals surface area contributed by atoms with Crippen LogP contribution in [0.15, 0.2) is 61.2 Å². The lowest BCUT2D eigenvalue weighted by atomic mass is 10.0. The Morgan fingerprint density at radius 3 is 2.74 bits per heavy atom. The van der Waals surface area contributed by atoms with E-state index in [1.807, 2.05) is 26.1 Å². The molecule has 0 unspecified atom stereocenters. The zero-order valence-electron chi connectivity index (χ0n) is 17.4. The number of hydrogen-bond donors (Lipinski definition) is 1. The van der Waals surface area contributed by atoms with Gasteiger partial charge in [0.2, 0.25) is 0 Å². The van der Waals surface area contributed by atoms with Crippen LogP contribution in [-0.4, -0.2) is 32.6 Å². The summed E-state index contributed by atoms with van der Waals surface area (Å²) >= 11 is 0. The van der Waals surface area contributed by atoms with E-state index in [-0.39, 0.29) is 6.04 Å². The zero-order chi connectivity index (χ0) is 22.2. The predicted octanol–water partition coefficient (Wildman–Crippen LogP) is 5.54. The van der Waals surface area contributed by atoms with E-state index < -0.39 is 11.7 Å². The molecule has 0 saturated heterocycles. The summed E-state index contributed by atoms with van der Waals surface area (Å²) < 4.78 is 40.9. The van der Waals surface area contributed by atoms with Crippen LogP contribution < -0.4 is 5.32 Å². The van der Waals surface area contributed by atoms with Gasteiger partial charge in [-0.15, -0.1) is 0 Å². The summed E-state index contributed by atoms with van der Waals surface area (Å²) in [7, 11) is 0. The van der Waals surface area contributed by atoms with Gasteiger partial charge in [-0.25, -0.2) is 9.50 Å². The molecule has 0 saturated carbocycles. The van der Waals surface area contributed by atoms with Gasteiger partial charge < -0.3 is 10.2 Å². The van der Waals surface area contributed by atoms with Gasteiger partial charge in [-0.1, -0.05) is 24.8 Å². The largest absolute Gasteiger partial charge is 0.416 e. The number of alkyl halides is 3. The SMILES string of the molecule is C=C(C)N1CC=C(c2cc3c(N[C@H](C)c4cccc(C(F)(F)F)c4)ncnn3c2)CC1.